The van der Waals surface area contributed by atoms with Crippen molar-refractivity contribution >= 4 is 0 Å². The SMILES string of the molecule is CCC/C=C\Oc1ccc(-c2ccc(-c3ccc(C4CCC(C5CCC(CCCCC)CC5)CC4)cc3F)cc2)c(F)c1F. The molecular formula is C40H49F3O. The molecule has 0 spiro atoms. The predicted octanol–water partition coefficient (Wildman–Crippen LogP) is 12.8. The quantitative estimate of drug-likeness (QED) is 0.148. The summed E-state index contributed by atoms with van der Waals surface area (Å²) in [7, 11) is 0. The summed E-state index contributed by atoms with van der Waals surface area (Å²) in [4.78, 5) is 0. The second-order valence-electron chi connectivity index (χ2n) is 13.2. The van der Waals surface area contributed by atoms with Crippen molar-refractivity contribution in [1.29, 1.82) is 0 Å². The van der Waals surface area contributed by atoms with Crippen molar-refractivity contribution in [3.8, 4) is 28.0 Å². The van der Waals surface area contributed by atoms with Gasteiger partial charge in [0.2, 0.25) is 5.82 Å². The Balaban J connectivity index is 1.17. The van der Waals surface area contributed by atoms with Crippen molar-refractivity contribution in [2.75, 3.05) is 0 Å². The van der Waals surface area contributed by atoms with E-state index in [1.807, 2.05) is 13.0 Å². The van der Waals surface area contributed by atoms with Crippen LogP contribution in [0.1, 0.15) is 115 Å². The van der Waals surface area contributed by atoms with Crippen LogP contribution in [0.5, 0.6) is 5.75 Å². The van der Waals surface area contributed by atoms with Crippen molar-refractivity contribution in [3.63, 3.8) is 0 Å². The Hall–Kier alpha value is -3.01. The Kier molecular flexibility index (Phi) is 11.6. The molecule has 3 aromatic carbocycles. The molecule has 0 unspecified atom stereocenters. The van der Waals surface area contributed by atoms with Crippen molar-refractivity contribution < 1.29 is 17.9 Å². The van der Waals surface area contributed by atoms with Crippen LogP contribution in [-0.2, 0) is 0 Å². The number of benzene rings is 3. The van der Waals surface area contributed by atoms with Crippen LogP contribution in [0.25, 0.3) is 22.3 Å². The van der Waals surface area contributed by atoms with E-state index in [2.05, 4.69) is 13.0 Å². The zero-order chi connectivity index (χ0) is 30.9. The van der Waals surface area contributed by atoms with E-state index in [-0.39, 0.29) is 17.1 Å². The minimum absolute atomic E-state index is 0.144. The van der Waals surface area contributed by atoms with Crippen molar-refractivity contribution in [2.45, 2.75) is 110 Å². The smallest absolute Gasteiger partial charge is 0.201 e. The molecule has 0 radical (unpaired) electrons. The molecule has 44 heavy (non-hydrogen) atoms. The fraction of sp³-hybridized carbons (Fsp3) is 0.500. The van der Waals surface area contributed by atoms with Gasteiger partial charge in [-0.15, -0.1) is 0 Å². The lowest BCUT2D eigenvalue weighted by Crippen LogP contribution is -2.25. The van der Waals surface area contributed by atoms with Gasteiger partial charge in [0.1, 0.15) is 5.82 Å². The first-order valence-electron chi connectivity index (χ1n) is 17.2. The normalized spacial score (nSPS) is 22.4. The second kappa shape index (κ2) is 15.8. The van der Waals surface area contributed by atoms with E-state index >= 15 is 4.39 Å². The maximum absolute atomic E-state index is 15.4. The topological polar surface area (TPSA) is 9.23 Å². The van der Waals surface area contributed by atoms with Gasteiger partial charge in [-0.05, 0) is 110 Å². The molecule has 3 aromatic rings. The van der Waals surface area contributed by atoms with Gasteiger partial charge in [-0.3, -0.25) is 0 Å². The molecule has 0 bridgehead atoms. The van der Waals surface area contributed by atoms with Gasteiger partial charge >= 0.3 is 0 Å². The standard InChI is InChI=1S/C40H49F3O/c1-3-5-7-9-28-10-12-29(13-11-28)30-14-16-31(17-15-30)34-22-23-35(37(41)27-34)32-18-20-33(21-19-32)36-24-25-38(40(43)39(36)42)44-26-8-6-4-2/h8,18-31H,3-7,9-17H2,1-2H3/b26-8-. The molecule has 2 aliphatic rings. The molecule has 0 atom stereocenters. The summed E-state index contributed by atoms with van der Waals surface area (Å²) in [5.74, 6) is 0.766. The number of hydrogen-bond acceptors (Lipinski definition) is 1. The number of halogens is 3. The fourth-order valence-electron chi connectivity index (χ4n) is 7.61. The Labute approximate surface area is 262 Å². The highest BCUT2D eigenvalue weighted by molar-refractivity contribution is 5.71. The Bertz CT molecular complexity index is 1360. The lowest BCUT2D eigenvalue weighted by Gasteiger charge is -2.38. The molecule has 0 amide bonds. The van der Waals surface area contributed by atoms with Crippen LogP contribution in [0, 0.1) is 35.2 Å². The van der Waals surface area contributed by atoms with Crippen LogP contribution in [0.4, 0.5) is 13.2 Å². The maximum Gasteiger partial charge on any atom is 0.201 e. The first-order chi connectivity index (χ1) is 21.5. The first-order valence-corrected chi connectivity index (χ1v) is 17.2. The summed E-state index contributed by atoms with van der Waals surface area (Å²) in [5.41, 5.74) is 3.01. The fourth-order valence-corrected chi connectivity index (χ4v) is 7.61. The number of allylic oxidation sites excluding steroid dienone is 1. The minimum atomic E-state index is -1.02. The molecule has 5 rings (SSSR count). The van der Waals surface area contributed by atoms with Crippen LogP contribution in [0.15, 0.2) is 66.9 Å². The molecular weight excluding hydrogens is 553 g/mol. The Morgan fingerprint density at radius 1 is 0.682 bits per heavy atom. The van der Waals surface area contributed by atoms with Gasteiger partial charge < -0.3 is 4.74 Å². The average molecular weight is 603 g/mol. The summed E-state index contributed by atoms with van der Waals surface area (Å²) in [6.07, 6.45) is 20.9. The Morgan fingerprint density at radius 2 is 1.32 bits per heavy atom. The van der Waals surface area contributed by atoms with E-state index in [0.29, 0.717) is 22.6 Å². The van der Waals surface area contributed by atoms with Crippen molar-refractivity contribution in [2.24, 2.45) is 17.8 Å². The Morgan fingerprint density at radius 3 is 1.95 bits per heavy atom. The van der Waals surface area contributed by atoms with E-state index in [4.69, 9.17) is 4.74 Å². The van der Waals surface area contributed by atoms with Crippen molar-refractivity contribution in [3.05, 3.63) is 90.0 Å². The van der Waals surface area contributed by atoms with Gasteiger partial charge in [0, 0.05) is 11.1 Å². The molecule has 236 valence electrons. The van der Waals surface area contributed by atoms with Crippen LogP contribution in [0.2, 0.25) is 0 Å². The van der Waals surface area contributed by atoms with Crippen LogP contribution in [0.3, 0.4) is 0 Å². The molecule has 0 aliphatic heterocycles. The van der Waals surface area contributed by atoms with E-state index in [1.54, 1.807) is 36.4 Å². The van der Waals surface area contributed by atoms with Gasteiger partial charge in [-0.2, -0.15) is 4.39 Å². The van der Waals surface area contributed by atoms with Gasteiger partial charge in [0.15, 0.2) is 11.6 Å². The highest BCUT2D eigenvalue weighted by atomic mass is 19.2. The van der Waals surface area contributed by atoms with Crippen molar-refractivity contribution in [1.82, 2.24) is 0 Å². The average Bonchev–Trinajstić information content (AvgIpc) is 3.06. The molecule has 0 heterocycles. The predicted molar refractivity (Wildman–Crippen MR) is 176 cm³/mol. The number of rotatable bonds is 12. The maximum atomic E-state index is 15.4. The van der Waals surface area contributed by atoms with Crippen LogP contribution >= 0.6 is 0 Å². The van der Waals surface area contributed by atoms with Crippen LogP contribution in [-0.4, -0.2) is 0 Å². The number of unbranched alkanes of at least 4 members (excludes halogenated alkanes) is 3. The second-order valence-corrected chi connectivity index (χ2v) is 13.2. The summed E-state index contributed by atoms with van der Waals surface area (Å²) in [5, 5.41) is 0. The minimum Gasteiger partial charge on any atom is -0.462 e. The molecule has 2 saturated carbocycles. The highest BCUT2D eigenvalue weighted by Crippen LogP contribution is 2.45. The molecule has 2 aliphatic carbocycles. The largest absolute Gasteiger partial charge is 0.462 e. The van der Waals surface area contributed by atoms with E-state index in [1.165, 1.54) is 82.6 Å². The van der Waals surface area contributed by atoms with E-state index < -0.39 is 11.6 Å². The first kappa shape index (κ1) is 32.4. The third kappa shape index (κ3) is 7.98. The third-order valence-corrected chi connectivity index (χ3v) is 10.3. The number of ether oxygens (including phenoxy) is 1. The molecule has 0 N–H and O–H groups in total. The van der Waals surface area contributed by atoms with Gasteiger partial charge in [0.05, 0.1) is 6.26 Å². The summed E-state index contributed by atoms with van der Waals surface area (Å²) >= 11 is 0. The van der Waals surface area contributed by atoms with E-state index in [0.717, 1.165) is 49.0 Å². The summed E-state index contributed by atoms with van der Waals surface area (Å²) in [6, 6.07) is 15.6. The molecule has 4 heteroatoms. The van der Waals surface area contributed by atoms with Crippen LogP contribution < -0.4 is 4.74 Å². The lowest BCUT2D eigenvalue weighted by atomic mass is 9.68. The zero-order valence-electron chi connectivity index (χ0n) is 26.6. The van der Waals surface area contributed by atoms with Gasteiger partial charge in [-0.25, -0.2) is 8.78 Å². The molecule has 1 nitrogen and oxygen atoms in total. The number of hydrogen-bond donors (Lipinski definition) is 0. The summed E-state index contributed by atoms with van der Waals surface area (Å²) < 4.78 is 50.2. The zero-order valence-corrected chi connectivity index (χ0v) is 26.6. The van der Waals surface area contributed by atoms with Gasteiger partial charge in [-0.1, -0.05) is 95.2 Å². The molecule has 0 saturated heterocycles. The molecule has 2 fully saturated rings. The van der Waals surface area contributed by atoms with E-state index in [9.17, 15) is 8.78 Å². The highest BCUT2D eigenvalue weighted by Gasteiger charge is 2.31. The summed E-state index contributed by atoms with van der Waals surface area (Å²) in [6.45, 7) is 4.31. The van der Waals surface area contributed by atoms with Gasteiger partial charge in [0.25, 0.3) is 0 Å². The lowest BCUT2D eigenvalue weighted by molar-refractivity contribution is 0.155. The third-order valence-electron chi connectivity index (χ3n) is 10.3. The molecule has 0 aromatic heterocycles. The monoisotopic (exact) mass is 602 g/mol.